The van der Waals surface area contributed by atoms with E-state index in [9.17, 15) is 0 Å². The smallest absolute Gasteiger partial charge is 0.290 e. The molecule has 0 saturated carbocycles. The maximum Gasteiger partial charge on any atom is 0.290 e. The number of carbonyl (C=O) groups is 1. The first-order valence-corrected chi connectivity index (χ1v) is 3.43. The van der Waals surface area contributed by atoms with Crippen LogP contribution in [0.25, 0.3) is 0 Å². The van der Waals surface area contributed by atoms with E-state index in [0.29, 0.717) is 0 Å². The Morgan fingerprint density at radius 2 is 2.22 bits per heavy atom. The molecule has 0 aliphatic carbocycles. The van der Waals surface area contributed by atoms with Crippen LogP contribution in [0.2, 0.25) is 0 Å². The molecular formula is C4H10ClNO2S. The predicted octanol–water partition coefficient (Wildman–Crippen LogP) is 0.403. The molecule has 0 unspecified atom stereocenters. The molecule has 0 aromatic rings. The van der Waals surface area contributed by atoms with Crippen LogP contribution in [0.5, 0.6) is 0 Å². The first-order chi connectivity index (χ1) is 3.91. The normalized spacial score (nSPS) is 14.7. The van der Waals surface area contributed by atoms with E-state index in [0.717, 1.165) is 0 Å². The van der Waals surface area contributed by atoms with E-state index in [1.165, 1.54) is 18.2 Å². The summed E-state index contributed by atoms with van der Waals surface area (Å²) >= 11 is 1.96. The van der Waals surface area contributed by atoms with E-state index in [1.54, 1.807) is 0 Å². The van der Waals surface area contributed by atoms with Crippen molar-refractivity contribution in [3.63, 3.8) is 0 Å². The number of hydrogen-bond acceptors (Lipinski definition) is 3. The Bertz CT molecular complexity index is 52.9. The molecule has 0 bridgehead atoms. The molecule has 0 spiro atoms. The van der Waals surface area contributed by atoms with Gasteiger partial charge in [0.15, 0.2) is 0 Å². The Labute approximate surface area is 64.6 Å². The summed E-state index contributed by atoms with van der Waals surface area (Å²) < 4.78 is 0. The van der Waals surface area contributed by atoms with E-state index in [1.807, 2.05) is 11.8 Å². The molecule has 0 aromatic carbocycles. The minimum Gasteiger partial charge on any atom is -0.483 e. The van der Waals surface area contributed by atoms with Crippen LogP contribution < -0.4 is 5.32 Å². The third kappa shape index (κ3) is 11.6. The van der Waals surface area contributed by atoms with Crippen molar-refractivity contribution in [3.05, 3.63) is 0 Å². The molecule has 0 atom stereocenters. The minimum atomic E-state index is -0.250. The van der Waals surface area contributed by atoms with Crippen molar-refractivity contribution < 1.29 is 9.90 Å². The third-order valence-electron chi connectivity index (χ3n) is 0.627. The zero-order valence-corrected chi connectivity index (χ0v) is 6.50. The molecule has 0 amide bonds. The third-order valence-corrected chi connectivity index (χ3v) is 1.53. The summed E-state index contributed by atoms with van der Waals surface area (Å²) in [6.07, 6.45) is 0. The topological polar surface area (TPSA) is 49.3 Å². The van der Waals surface area contributed by atoms with Crippen LogP contribution >= 0.6 is 24.2 Å². The molecule has 1 fully saturated rings. The summed E-state index contributed by atoms with van der Waals surface area (Å²) in [6, 6.07) is 0. The van der Waals surface area contributed by atoms with Gasteiger partial charge in [-0.15, -0.1) is 24.2 Å². The molecule has 2 N–H and O–H groups in total. The second kappa shape index (κ2) is 10.9. The van der Waals surface area contributed by atoms with Crippen molar-refractivity contribution in [1.82, 2.24) is 5.32 Å². The van der Waals surface area contributed by atoms with Crippen LogP contribution in [0.15, 0.2) is 0 Å². The van der Waals surface area contributed by atoms with Crippen LogP contribution in [0, 0.1) is 0 Å². The van der Waals surface area contributed by atoms with Crippen LogP contribution in [0.3, 0.4) is 0 Å². The Morgan fingerprint density at radius 3 is 2.33 bits per heavy atom. The quantitative estimate of drug-likeness (QED) is 0.519. The van der Waals surface area contributed by atoms with E-state index in [-0.39, 0.29) is 18.9 Å². The summed E-state index contributed by atoms with van der Waals surface area (Å²) in [5.74, 6) is 2.47. The fourth-order valence-corrected chi connectivity index (χ4v) is 1.08. The highest BCUT2D eigenvalue weighted by Crippen LogP contribution is 1.99. The molecule has 0 radical (unpaired) electrons. The Morgan fingerprint density at radius 1 is 1.67 bits per heavy atom. The van der Waals surface area contributed by atoms with Gasteiger partial charge in [-0.05, 0) is 0 Å². The van der Waals surface area contributed by atoms with Gasteiger partial charge in [-0.25, -0.2) is 0 Å². The predicted molar refractivity (Wildman–Crippen MR) is 41.3 cm³/mol. The number of rotatable bonds is 0. The van der Waals surface area contributed by atoms with Gasteiger partial charge in [-0.2, -0.15) is 0 Å². The molecule has 1 saturated heterocycles. The number of hydrogen-bond donors (Lipinski definition) is 2. The van der Waals surface area contributed by atoms with Crippen molar-refractivity contribution in [2.24, 2.45) is 0 Å². The summed E-state index contributed by atoms with van der Waals surface area (Å²) in [6.45, 7) is 0.963. The number of halogens is 1. The lowest BCUT2D eigenvalue weighted by atomic mass is 10.8. The number of thioether (sulfide) groups is 1. The van der Waals surface area contributed by atoms with E-state index in [4.69, 9.17) is 9.90 Å². The Balaban J connectivity index is 0. The van der Waals surface area contributed by atoms with Crippen molar-refractivity contribution in [3.8, 4) is 0 Å². The molecule has 9 heavy (non-hydrogen) atoms. The largest absolute Gasteiger partial charge is 0.483 e. The standard InChI is InChI=1S/C3H7NS.CH2O2.ClH/c1-2-5-3-4-1;2-1-3;/h4H,1-3H2;1H,(H,2,3);1H. The zero-order chi connectivity index (χ0) is 6.24. The average molecular weight is 172 g/mol. The molecule has 1 rings (SSSR count). The highest BCUT2D eigenvalue weighted by Gasteiger charge is 1.93. The van der Waals surface area contributed by atoms with Crippen LogP contribution in [0.1, 0.15) is 0 Å². The minimum absolute atomic E-state index is 0. The van der Waals surface area contributed by atoms with Crippen LogP contribution in [-0.2, 0) is 4.79 Å². The summed E-state index contributed by atoms with van der Waals surface area (Å²) in [5.41, 5.74) is 0. The monoisotopic (exact) mass is 171 g/mol. The van der Waals surface area contributed by atoms with Gasteiger partial charge in [0.1, 0.15) is 0 Å². The van der Waals surface area contributed by atoms with E-state index >= 15 is 0 Å². The van der Waals surface area contributed by atoms with Crippen LogP contribution in [0.4, 0.5) is 0 Å². The molecule has 5 heteroatoms. The van der Waals surface area contributed by atoms with Gasteiger partial charge >= 0.3 is 0 Å². The lowest BCUT2D eigenvalue weighted by Crippen LogP contribution is -2.04. The maximum atomic E-state index is 8.36. The van der Waals surface area contributed by atoms with Gasteiger partial charge in [0.2, 0.25) is 0 Å². The summed E-state index contributed by atoms with van der Waals surface area (Å²) in [5, 5.41) is 10.1. The van der Waals surface area contributed by atoms with Crippen molar-refractivity contribution in [2.75, 3.05) is 18.2 Å². The fourth-order valence-electron chi connectivity index (χ4n) is 0.361. The van der Waals surface area contributed by atoms with E-state index < -0.39 is 0 Å². The summed E-state index contributed by atoms with van der Waals surface area (Å²) in [4.78, 5) is 8.36. The molecule has 1 aliphatic rings. The molecule has 1 aliphatic heterocycles. The lowest BCUT2D eigenvalue weighted by Gasteiger charge is -1.74. The summed E-state index contributed by atoms with van der Waals surface area (Å²) in [7, 11) is 0. The number of nitrogens with one attached hydrogen (secondary N) is 1. The molecule has 0 aromatic heterocycles. The second-order valence-electron chi connectivity index (χ2n) is 1.16. The van der Waals surface area contributed by atoms with Crippen LogP contribution in [-0.4, -0.2) is 29.8 Å². The first kappa shape index (κ1) is 11.8. The molecule has 3 nitrogen and oxygen atoms in total. The van der Waals surface area contributed by atoms with Gasteiger partial charge in [-0.3, -0.25) is 4.79 Å². The average Bonchev–Trinajstić information content (AvgIpc) is 2.17. The van der Waals surface area contributed by atoms with Gasteiger partial charge < -0.3 is 10.4 Å². The fraction of sp³-hybridized carbons (Fsp3) is 0.750. The second-order valence-corrected chi connectivity index (χ2v) is 2.26. The first-order valence-electron chi connectivity index (χ1n) is 2.28. The van der Waals surface area contributed by atoms with Gasteiger partial charge in [0.05, 0.1) is 0 Å². The molecule has 1 heterocycles. The maximum absolute atomic E-state index is 8.36. The van der Waals surface area contributed by atoms with Gasteiger partial charge in [0, 0.05) is 18.2 Å². The van der Waals surface area contributed by atoms with Gasteiger partial charge in [0.25, 0.3) is 6.47 Å². The van der Waals surface area contributed by atoms with Crippen molar-refractivity contribution in [1.29, 1.82) is 0 Å². The SMILES string of the molecule is C1CSCN1.Cl.O=CO. The van der Waals surface area contributed by atoms with Crippen molar-refractivity contribution in [2.45, 2.75) is 0 Å². The Kier molecular flexibility index (Phi) is 14.4. The van der Waals surface area contributed by atoms with Crippen molar-refractivity contribution >= 4 is 30.6 Å². The highest BCUT2D eigenvalue weighted by molar-refractivity contribution is 7.99. The molecular weight excluding hydrogens is 162 g/mol. The highest BCUT2D eigenvalue weighted by atomic mass is 35.5. The lowest BCUT2D eigenvalue weighted by molar-refractivity contribution is -0.122. The van der Waals surface area contributed by atoms with E-state index in [2.05, 4.69) is 5.32 Å². The van der Waals surface area contributed by atoms with Gasteiger partial charge in [-0.1, -0.05) is 0 Å². The number of carboxylic acid groups (broad SMARTS) is 1. The zero-order valence-electron chi connectivity index (χ0n) is 4.87. The Hall–Kier alpha value is 0.0700. The molecule has 56 valence electrons.